The third kappa shape index (κ3) is 1.99. The number of tetrazole rings is 1. The minimum atomic E-state index is -0.0458. The zero-order valence-electron chi connectivity index (χ0n) is 11.6. The van der Waals surface area contributed by atoms with Crippen molar-refractivity contribution in [3.8, 4) is 11.4 Å². The predicted octanol–water partition coefficient (Wildman–Crippen LogP) is 2.38. The van der Waals surface area contributed by atoms with Crippen LogP contribution in [0.5, 0.6) is 0 Å². The second-order valence-corrected chi connectivity index (χ2v) is 5.92. The maximum absolute atomic E-state index is 5.89. The van der Waals surface area contributed by atoms with Crippen molar-refractivity contribution in [2.45, 2.75) is 39.2 Å². The fourth-order valence-electron chi connectivity index (χ4n) is 2.59. The molecule has 1 aliphatic rings. The van der Waals surface area contributed by atoms with Gasteiger partial charge in [0, 0.05) is 11.3 Å². The Bertz CT molecular complexity index is 610. The molecule has 5 nitrogen and oxygen atoms in total. The van der Waals surface area contributed by atoms with E-state index in [0.717, 1.165) is 22.6 Å². The summed E-state index contributed by atoms with van der Waals surface area (Å²) in [6, 6.07) is 5.85. The Labute approximate surface area is 112 Å². The number of aromatic nitrogens is 4. The molecule has 1 fully saturated rings. The molecule has 1 aromatic carbocycles. The van der Waals surface area contributed by atoms with Crippen LogP contribution in [-0.2, 0) is 5.54 Å². The summed E-state index contributed by atoms with van der Waals surface area (Å²) in [6.45, 7) is 6.45. The normalized spacial score (nSPS) is 15.7. The van der Waals surface area contributed by atoms with E-state index in [1.54, 1.807) is 0 Å². The van der Waals surface area contributed by atoms with E-state index in [1.165, 1.54) is 12.8 Å². The highest BCUT2D eigenvalue weighted by atomic mass is 15.6. The molecule has 1 heterocycles. The maximum atomic E-state index is 5.89. The number of hydrogen-bond donors (Lipinski definition) is 1. The molecule has 0 unspecified atom stereocenters. The van der Waals surface area contributed by atoms with Crippen molar-refractivity contribution >= 4 is 5.69 Å². The molecular weight excluding hydrogens is 238 g/mol. The summed E-state index contributed by atoms with van der Waals surface area (Å²) >= 11 is 0. The largest absolute Gasteiger partial charge is 0.399 e. The molecule has 0 saturated heterocycles. The lowest BCUT2D eigenvalue weighted by molar-refractivity contribution is 0.271. The number of rotatable bonds is 3. The molecule has 0 aliphatic heterocycles. The summed E-state index contributed by atoms with van der Waals surface area (Å²) in [7, 11) is 0. The van der Waals surface area contributed by atoms with Crippen LogP contribution in [0.25, 0.3) is 11.4 Å². The Balaban J connectivity index is 2.11. The highest BCUT2D eigenvalue weighted by Gasteiger charge is 2.41. The van der Waals surface area contributed by atoms with Gasteiger partial charge in [-0.3, -0.25) is 0 Å². The van der Waals surface area contributed by atoms with E-state index in [-0.39, 0.29) is 5.54 Å². The van der Waals surface area contributed by atoms with E-state index in [4.69, 9.17) is 5.73 Å². The van der Waals surface area contributed by atoms with Gasteiger partial charge >= 0.3 is 0 Å². The quantitative estimate of drug-likeness (QED) is 0.857. The van der Waals surface area contributed by atoms with Crippen LogP contribution in [0.3, 0.4) is 0 Å². The molecule has 0 atom stereocenters. The summed E-state index contributed by atoms with van der Waals surface area (Å²) in [5.41, 5.74) is 8.73. The lowest BCUT2D eigenvalue weighted by atomic mass is 9.98. The maximum Gasteiger partial charge on any atom is 0.182 e. The van der Waals surface area contributed by atoms with Gasteiger partial charge in [-0.25, -0.2) is 4.68 Å². The molecule has 0 bridgehead atoms. The first kappa shape index (κ1) is 12.1. The first-order valence-corrected chi connectivity index (χ1v) is 6.65. The molecule has 1 aliphatic carbocycles. The molecule has 0 spiro atoms. The molecule has 2 N–H and O–H groups in total. The van der Waals surface area contributed by atoms with Crippen LogP contribution < -0.4 is 5.73 Å². The van der Waals surface area contributed by atoms with Gasteiger partial charge in [-0.15, -0.1) is 5.10 Å². The van der Waals surface area contributed by atoms with Gasteiger partial charge in [-0.1, -0.05) is 6.07 Å². The number of anilines is 1. The number of hydrogen-bond acceptors (Lipinski definition) is 4. The van der Waals surface area contributed by atoms with E-state index in [1.807, 2.05) is 22.9 Å². The van der Waals surface area contributed by atoms with Crippen molar-refractivity contribution in [1.29, 1.82) is 0 Å². The Kier molecular flexibility index (Phi) is 2.59. The second-order valence-electron chi connectivity index (χ2n) is 5.92. The van der Waals surface area contributed by atoms with Gasteiger partial charge in [0.15, 0.2) is 5.82 Å². The van der Waals surface area contributed by atoms with Crippen molar-refractivity contribution in [2.24, 2.45) is 5.92 Å². The fraction of sp³-hybridized carbons (Fsp3) is 0.500. The SMILES string of the molecule is Cc1ccc(N)cc1-c1nnnn1C(C)(C)C1CC1. The first-order valence-electron chi connectivity index (χ1n) is 6.65. The molecule has 2 aromatic rings. The molecule has 3 rings (SSSR count). The monoisotopic (exact) mass is 257 g/mol. The second kappa shape index (κ2) is 4.05. The number of benzene rings is 1. The smallest absolute Gasteiger partial charge is 0.182 e. The van der Waals surface area contributed by atoms with Crippen LogP contribution in [0.4, 0.5) is 5.69 Å². The van der Waals surface area contributed by atoms with E-state index >= 15 is 0 Å². The van der Waals surface area contributed by atoms with Crippen molar-refractivity contribution in [3.63, 3.8) is 0 Å². The van der Waals surface area contributed by atoms with E-state index in [2.05, 4.69) is 36.3 Å². The van der Waals surface area contributed by atoms with Crippen LogP contribution in [0.1, 0.15) is 32.3 Å². The average molecular weight is 257 g/mol. The Morgan fingerprint density at radius 1 is 1.32 bits per heavy atom. The van der Waals surface area contributed by atoms with E-state index < -0.39 is 0 Å². The fourth-order valence-corrected chi connectivity index (χ4v) is 2.59. The van der Waals surface area contributed by atoms with Crippen LogP contribution in [-0.4, -0.2) is 20.2 Å². The third-order valence-electron chi connectivity index (χ3n) is 4.09. The number of nitrogens with zero attached hydrogens (tertiary/aromatic N) is 4. The lowest BCUT2D eigenvalue weighted by Gasteiger charge is -2.25. The lowest BCUT2D eigenvalue weighted by Crippen LogP contribution is -2.30. The molecule has 1 saturated carbocycles. The number of aryl methyl sites for hydroxylation is 1. The Morgan fingerprint density at radius 3 is 2.74 bits per heavy atom. The van der Waals surface area contributed by atoms with Gasteiger partial charge in [-0.05, 0) is 67.7 Å². The Hall–Kier alpha value is -1.91. The molecule has 0 radical (unpaired) electrons. The van der Waals surface area contributed by atoms with Crippen molar-refractivity contribution in [3.05, 3.63) is 23.8 Å². The van der Waals surface area contributed by atoms with Gasteiger partial charge in [0.25, 0.3) is 0 Å². The van der Waals surface area contributed by atoms with Crippen molar-refractivity contribution < 1.29 is 0 Å². The van der Waals surface area contributed by atoms with Crippen LogP contribution >= 0.6 is 0 Å². The van der Waals surface area contributed by atoms with Crippen LogP contribution in [0.15, 0.2) is 18.2 Å². The minimum absolute atomic E-state index is 0.0458. The first-order chi connectivity index (χ1) is 9.00. The summed E-state index contributed by atoms with van der Waals surface area (Å²) in [4.78, 5) is 0. The van der Waals surface area contributed by atoms with E-state index in [9.17, 15) is 0 Å². The molecule has 1 aromatic heterocycles. The van der Waals surface area contributed by atoms with Crippen LogP contribution in [0, 0.1) is 12.8 Å². The summed E-state index contributed by atoms with van der Waals surface area (Å²) in [5, 5.41) is 12.3. The van der Waals surface area contributed by atoms with E-state index in [0.29, 0.717) is 5.92 Å². The molecular formula is C14H19N5. The number of nitrogen functional groups attached to an aromatic ring is 1. The van der Waals surface area contributed by atoms with Gasteiger partial charge in [0.1, 0.15) is 0 Å². The summed E-state index contributed by atoms with van der Waals surface area (Å²) in [5.74, 6) is 1.47. The molecule has 100 valence electrons. The molecule has 0 amide bonds. The topological polar surface area (TPSA) is 69.6 Å². The van der Waals surface area contributed by atoms with Gasteiger partial charge in [0.05, 0.1) is 5.54 Å². The third-order valence-corrected chi connectivity index (χ3v) is 4.09. The van der Waals surface area contributed by atoms with Crippen LogP contribution in [0.2, 0.25) is 0 Å². The average Bonchev–Trinajstić information content (AvgIpc) is 3.11. The minimum Gasteiger partial charge on any atom is -0.399 e. The highest BCUT2D eigenvalue weighted by Crippen LogP contribution is 2.44. The van der Waals surface area contributed by atoms with Gasteiger partial charge in [-0.2, -0.15) is 0 Å². The van der Waals surface area contributed by atoms with Gasteiger partial charge < -0.3 is 5.73 Å². The van der Waals surface area contributed by atoms with Gasteiger partial charge in [0.2, 0.25) is 0 Å². The standard InChI is InChI=1S/C14H19N5/c1-9-4-7-11(15)8-12(9)13-16-17-18-19(13)14(2,3)10-5-6-10/h4,7-8,10H,5-6,15H2,1-3H3. The van der Waals surface area contributed by atoms with Crippen molar-refractivity contribution in [1.82, 2.24) is 20.2 Å². The molecule has 19 heavy (non-hydrogen) atoms. The Morgan fingerprint density at radius 2 is 2.05 bits per heavy atom. The number of nitrogens with two attached hydrogens (primary N) is 1. The zero-order chi connectivity index (χ0) is 13.6. The highest BCUT2D eigenvalue weighted by molar-refractivity contribution is 5.65. The zero-order valence-corrected chi connectivity index (χ0v) is 11.6. The predicted molar refractivity (Wildman–Crippen MR) is 74.4 cm³/mol. The summed E-state index contributed by atoms with van der Waals surface area (Å²) < 4.78 is 1.95. The summed E-state index contributed by atoms with van der Waals surface area (Å²) in [6.07, 6.45) is 2.50. The molecule has 5 heteroatoms. The van der Waals surface area contributed by atoms with Crippen molar-refractivity contribution in [2.75, 3.05) is 5.73 Å².